The minimum absolute atomic E-state index is 0.223. The van der Waals surface area contributed by atoms with Gasteiger partial charge in [-0.15, -0.1) is 0 Å². The molecular formula is C30H51NO. The molecule has 0 bridgehead atoms. The molecule has 0 fully saturated rings. The number of pyridine rings is 1. The molecule has 1 aromatic heterocycles. The van der Waals surface area contributed by atoms with Gasteiger partial charge in [0.15, 0.2) is 0 Å². The fourth-order valence-corrected chi connectivity index (χ4v) is 4.35. The summed E-state index contributed by atoms with van der Waals surface area (Å²) in [5.41, 5.74) is 6.14. The molecular weight excluding hydrogens is 390 g/mol. The van der Waals surface area contributed by atoms with Crippen molar-refractivity contribution in [1.82, 2.24) is 4.98 Å². The second kappa shape index (κ2) is 19.1. The molecule has 32 heavy (non-hydrogen) atoms. The molecule has 2 nitrogen and oxygen atoms in total. The number of allylic oxidation sites excluding steroid dienone is 2. The molecule has 0 aromatic carbocycles. The Morgan fingerprint density at radius 1 is 0.656 bits per heavy atom. The summed E-state index contributed by atoms with van der Waals surface area (Å²) < 4.78 is 0. The van der Waals surface area contributed by atoms with Gasteiger partial charge in [-0.2, -0.15) is 0 Å². The first-order valence-corrected chi connectivity index (χ1v) is 13.6. The number of aliphatic hydroxyl groups excluding tert-OH is 1. The average Bonchev–Trinajstić information content (AvgIpc) is 2.79. The molecule has 0 saturated carbocycles. The Kier molecular flexibility index (Phi) is 17.1. The Balaban J connectivity index is 2.74. The first-order valence-electron chi connectivity index (χ1n) is 13.6. The van der Waals surface area contributed by atoms with Gasteiger partial charge in [0.25, 0.3) is 0 Å². The summed E-state index contributed by atoms with van der Waals surface area (Å²) in [6.07, 6.45) is 29.3. The number of nitrogens with zero attached hydrogens (tertiary/aromatic N) is 1. The highest BCUT2D eigenvalue weighted by Crippen LogP contribution is 2.24. The number of aromatic nitrogens is 1. The third-order valence-corrected chi connectivity index (χ3v) is 6.40. The van der Waals surface area contributed by atoms with Crippen LogP contribution in [0.5, 0.6) is 0 Å². The van der Waals surface area contributed by atoms with Gasteiger partial charge in [-0.05, 0) is 69.1 Å². The molecule has 0 aliphatic carbocycles. The predicted molar refractivity (Wildman–Crippen MR) is 143 cm³/mol. The topological polar surface area (TPSA) is 33.1 Å². The maximum atomic E-state index is 9.32. The Morgan fingerprint density at radius 2 is 1.16 bits per heavy atom. The smallest absolute Gasteiger partial charge is 0.0482 e. The van der Waals surface area contributed by atoms with E-state index in [9.17, 15) is 5.11 Å². The summed E-state index contributed by atoms with van der Waals surface area (Å²) in [5, 5.41) is 9.32. The molecule has 2 heteroatoms. The standard InChI is InChI=1S/C30H51NO/c1-5-7-9-11-13-15-17-19-22-28-26(3)29(30(24-21-25-32)31-27(28)4)23-20-18-16-14-12-10-8-6-2/h19-20,22-23,32H,5-18,21,24-25H2,1-4H3/b22-19+,23-20+. The third kappa shape index (κ3) is 12.0. The molecule has 182 valence electrons. The van der Waals surface area contributed by atoms with Gasteiger partial charge in [0, 0.05) is 18.0 Å². The Bertz CT molecular complexity index is 659. The molecule has 0 saturated heterocycles. The van der Waals surface area contributed by atoms with Crippen LogP contribution in [0.3, 0.4) is 0 Å². The monoisotopic (exact) mass is 441 g/mol. The molecule has 0 radical (unpaired) electrons. The van der Waals surface area contributed by atoms with Crippen molar-refractivity contribution >= 4 is 12.2 Å². The summed E-state index contributed by atoms with van der Waals surface area (Å²) in [6.45, 7) is 9.14. The minimum atomic E-state index is 0.223. The maximum absolute atomic E-state index is 9.32. The van der Waals surface area contributed by atoms with E-state index in [1.54, 1.807) is 0 Å². The van der Waals surface area contributed by atoms with E-state index in [1.807, 2.05) is 0 Å². The van der Waals surface area contributed by atoms with Crippen molar-refractivity contribution < 1.29 is 5.11 Å². The summed E-state index contributed by atoms with van der Waals surface area (Å²) >= 11 is 0. The van der Waals surface area contributed by atoms with E-state index in [1.165, 1.54) is 93.7 Å². The summed E-state index contributed by atoms with van der Waals surface area (Å²) in [7, 11) is 0. The number of aryl methyl sites for hydroxylation is 2. The Hall–Kier alpha value is -1.41. The quantitative estimate of drug-likeness (QED) is 0.217. The molecule has 0 aliphatic rings. The van der Waals surface area contributed by atoms with Crippen molar-refractivity contribution in [2.45, 2.75) is 130 Å². The van der Waals surface area contributed by atoms with E-state index in [0.29, 0.717) is 0 Å². The van der Waals surface area contributed by atoms with E-state index >= 15 is 0 Å². The van der Waals surface area contributed by atoms with Crippen LogP contribution in [0.1, 0.15) is 138 Å². The van der Waals surface area contributed by atoms with Gasteiger partial charge < -0.3 is 5.11 Å². The van der Waals surface area contributed by atoms with Crippen LogP contribution in [-0.2, 0) is 6.42 Å². The van der Waals surface area contributed by atoms with Crippen molar-refractivity contribution in [1.29, 1.82) is 0 Å². The first-order chi connectivity index (χ1) is 15.7. The van der Waals surface area contributed by atoms with Gasteiger partial charge in [-0.1, -0.05) is 102 Å². The summed E-state index contributed by atoms with van der Waals surface area (Å²) in [6, 6.07) is 0. The van der Waals surface area contributed by atoms with Gasteiger partial charge in [-0.3, -0.25) is 4.98 Å². The second-order valence-corrected chi connectivity index (χ2v) is 9.34. The Morgan fingerprint density at radius 3 is 1.69 bits per heavy atom. The van der Waals surface area contributed by atoms with Crippen molar-refractivity contribution in [3.8, 4) is 0 Å². The van der Waals surface area contributed by atoms with Crippen LogP contribution in [-0.4, -0.2) is 16.7 Å². The zero-order chi connectivity index (χ0) is 23.4. The van der Waals surface area contributed by atoms with E-state index in [4.69, 9.17) is 4.98 Å². The van der Waals surface area contributed by atoms with E-state index in [-0.39, 0.29) is 6.61 Å². The average molecular weight is 442 g/mol. The molecule has 0 unspecified atom stereocenters. The van der Waals surface area contributed by atoms with Crippen molar-refractivity contribution in [3.05, 3.63) is 40.2 Å². The van der Waals surface area contributed by atoms with Crippen LogP contribution in [0.15, 0.2) is 12.2 Å². The molecule has 0 aliphatic heterocycles. The normalized spacial score (nSPS) is 11.9. The molecule has 0 atom stereocenters. The first kappa shape index (κ1) is 28.6. The molecule has 0 spiro atoms. The molecule has 1 heterocycles. The molecule has 1 rings (SSSR count). The highest BCUT2D eigenvalue weighted by molar-refractivity contribution is 5.66. The molecule has 1 N–H and O–H groups in total. The predicted octanol–water partition coefficient (Wildman–Crippen LogP) is 9.15. The lowest BCUT2D eigenvalue weighted by atomic mass is 9.96. The lowest BCUT2D eigenvalue weighted by Gasteiger charge is -2.14. The van der Waals surface area contributed by atoms with Crippen LogP contribution in [0, 0.1) is 13.8 Å². The van der Waals surface area contributed by atoms with Gasteiger partial charge in [-0.25, -0.2) is 0 Å². The van der Waals surface area contributed by atoms with Gasteiger partial charge in [0.05, 0.1) is 0 Å². The fourth-order valence-electron chi connectivity index (χ4n) is 4.35. The lowest BCUT2D eigenvalue weighted by Crippen LogP contribution is -2.04. The fraction of sp³-hybridized carbons (Fsp3) is 0.700. The number of rotatable bonds is 19. The highest BCUT2D eigenvalue weighted by Gasteiger charge is 2.11. The SMILES string of the molecule is CCCCCCCC/C=C/c1c(C)nc(CCCO)c(/C=C/CCCCCCCC)c1C. The minimum Gasteiger partial charge on any atom is -0.396 e. The van der Waals surface area contributed by atoms with Crippen LogP contribution in [0.4, 0.5) is 0 Å². The third-order valence-electron chi connectivity index (χ3n) is 6.40. The van der Waals surface area contributed by atoms with E-state index in [0.717, 1.165) is 37.1 Å². The largest absolute Gasteiger partial charge is 0.396 e. The lowest BCUT2D eigenvalue weighted by molar-refractivity contribution is 0.288. The maximum Gasteiger partial charge on any atom is 0.0482 e. The van der Waals surface area contributed by atoms with Gasteiger partial charge in [0.2, 0.25) is 0 Å². The zero-order valence-electron chi connectivity index (χ0n) is 21.7. The second-order valence-electron chi connectivity index (χ2n) is 9.34. The van der Waals surface area contributed by atoms with Gasteiger partial charge >= 0.3 is 0 Å². The van der Waals surface area contributed by atoms with Gasteiger partial charge in [0.1, 0.15) is 0 Å². The summed E-state index contributed by atoms with van der Waals surface area (Å²) in [5.74, 6) is 0. The van der Waals surface area contributed by atoms with Crippen LogP contribution in [0.25, 0.3) is 12.2 Å². The summed E-state index contributed by atoms with van der Waals surface area (Å²) in [4.78, 5) is 4.96. The number of aliphatic hydroxyl groups is 1. The molecule has 0 amide bonds. The van der Waals surface area contributed by atoms with E-state index < -0.39 is 0 Å². The van der Waals surface area contributed by atoms with Crippen molar-refractivity contribution in [2.24, 2.45) is 0 Å². The number of hydrogen-bond donors (Lipinski definition) is 1. The van der Waals surface area contributed by atoms with Crippen LogP contribution in [0.2, 0.25) is 0 Å². The zero-order valence-corrected chi connectivity index (χ0v) is 21.7. The number of unbranched alkanes of at least 4 members (excludes halogenated alkanes) is 12. The van der Waals surface area contributed by atoms with E-state index in [2.05, 4.69) is 52.0 Å². The van der Waals surface area contributed by atoms with Crippen molar-refractivity contribution in [2.75, 3.05) is 6.61 Å². The van der Waals surface area contributed by atoms with Crippen LogP contribution >= 0.6 is 0 Å². The highest BCUT2D eigenvalue weighted by atomic mass is 16.2. The van der Waals surface area contributed by atoms with Crippen LogP contribution < -0.4 is 0 Å². The number of hydrogen-bond acceptors (Lipinski definition) is 2. The molecule has 1 aromatic rings. The van der Waals surface area contributed by atoms with Crippen molar-refractivity contribution in [3.63, 3.8) is 0 Å². The Labute approximate surface area is 199 Å².